The smallest absolute Gasteiger partial charge is 0.269 e. The second kappa shape index (κ2) is 9.24. The van der Waals surface area contributed by atoms with Crippen LogP contribution in [0.25, 0.3) is 33.5 Å². The van der Waals surface area contributed by atoms with E-state index in [2.05, 4.69) is 19.9 Å². The summed E-state index contributed by atoms with van der Waals surface area (Å²) < 4.78 is 91.9. The third-order valence-electron chi connectivity index (χ3n) is 6.11. The quantitative estimate of drug-likeness (QED) is 0.204. The standard InChI is InChI=1S/C24H22N4O8S3/c1-13-7-15(11-37(29,30)31)8-18(19(13)12-38(32,33)34)24-27-21-6-4-17(10-23(21)28-24)39(35,36)16-3-5-20-22(9-16)26-14(2)25-20/h3-10H,11-12H2,1-2H3,(H,25,26)(H,27,28)(H,29,30,31)(H,32,33,34). The summed E-state index contributed by atoms with van der Waals surface area (Å²) in [6.45, 7) is 3.29. The van der Waals surface area contributed by atoms with E-state index in [1.165, 1.54) is 49.4 Å². The number of nitrogens with one attached hydrogen (secondary N) is 2. The molecule has 3 aromatic carbocycles. The van der Waals surface area contributed by atoms with Gasteiger partial charge in [-0.25, -0.2) is 18.4 Å². The highest BCUT2D eigenvalue weighted by Crippen LogP contribution is 2.32. The lowest BCUT2D eigenvalue weighted by atomic mass is 9.99. The molecule has 5 rings (SSSR count). The highest BCUT2D eigenvalue weighted by molar-refractivity contribution is 7.91. The van der Waals surface area contributed by atoms with Gasteiger partial charge in [0.2, 0.25) is 9.84 Å². The second-order valence-electron chi connectivity index (χ2n) is 9.16. The van der Waals surface area contributed by atoms with Gasteiger partial charge in [-0.2, -0.15) is 16.8 Å². The molecule has 0 radical (unpaired) electrons. The Morgan fingerprint density at radius 2 is 1.38 bits per heavy atom. The van der Waals surface area contributed by atoms with Crippen LogP contribution >= 0.6 is 0 Å². The molecule has 2 aromatic heterocycles. The maximum absolute atomic E-state index is 13.4. The van der Waals surface area contributed by atoms with Gasteiger partial charge < -0.3 is 9.97 Å². The average Bonchev–Trinajstić information content (AvgIpc) is 3.40. The molecule has 0 aliphatic rings. The molecule has 0 fully saturated rings. The molecule has 0 aliphatic heterocycles. The van der Waals surface area contributed by atoms with E-state index in [4.69, 9.17) is 0 Å². The number of sulfone groups is 1. The third-order valence-corrected chi connectivity index (χ3v) is 9.21. The third kappa shape index (κ3) is 5.58. The minimum absolute atomic E-state index is 0.0220. The van der Waals surface area contributed by atoms with Crippen LogP contribution in [0.15, 0.2) is 58.3 Å². The lowest BCUT2D eigenvalue weighted by Crippen LogP contribution is -2.08. The fraction of sp³-hybridized carbons (Fsp3) is 0.167. The molecule has 4 N–H and O–H groups in total. The number of rotatable bonds is 7. The van der Waals surface area contributed by atoms with Crippen molar-refractivity contribution in [2.45, 2.75) is 35.1 Å². The Labute approximate surface area is 223 Å². The van der Waals surface area contributed by atoms with Gasteiger partial charge in [-0.05, 0) is 73.0 Å². The van der Waals surface area contributed by atoms with Crippen molar-refractivity contribution < 1.29 is 34.4 Å². The molecule has 0 aliphatic carbocycles. The van der Waals surface area contributed by atoms with Crippen LogP contribution in [0.3, 0.4) is 0 Å². The number of hydrogen-bond acceptors (Lipinski definition) is 8. The van der Waals surface area contributed by atoms with Crippen molar-refractivity contribution in [3.05, 3.63) is 71.0 Å². The predicted molar refractivity (Wildman–Crippen MR) is 143 cm³/mol. The zero-order chi connectivity index (χ0) is 28.3. The van der Waals surface area contributed by atoms with Crippen LogP contribution in [0.5, 0.6) is 0 Å². The van der Waals surface area contributed by atoms with Crippen LogP contribution in [0.4, 0.5) is 0 Å². The molecular weight excluding hydrogens is 568 g/mol. The normalized spacial score (nSPS) is 12.9. The monoisotopic (exact) mass is 590 g/mol. The van der Waals surface area contributed by atoms with Crippen LogP contribution in [0.1, 0.15) is 22.5 Å². The van der Waals surface area contributed by atoms with Crippen molar-refractivity contribution >= 4 is 52.1 Å². The van der Waals surface area contributed by atoms with Gasteiger partial charge in [0.25, 0.3) is 20.2 Å². The summed E-state index contributed by atoms with van der Waals surface area (Å²) in [5.41, 5.74) is 2.72. The number of aryl methyl sites for hydroxylation is 2. The Bertz CT molecular complexity index is 2110. The molecule has 0 bridgehead atoms. The van der Waals surface area contributed by atoms with Crippen LogP contribution in [-0.2, 0) is 41.6 Å². The Morgan fingerprint density at radius 1 is 0.718 bits per heavy atom. The van der Waals surface area contributed by atoms with Gasteiger partial charge in [0.1, 0.15) is 23.2 Å². The number of imidazole rings is 2. The topological polar surface area (TPSA) is 200 Å². The summed E-state index contributed by atoms with van der Waals surface area (Å²) in [6.07, 6.45) is 0. The SMILES string of the molecule is Cc1nc2cc(S(=O)(=O)c3ccc4nc(-c5cc(CS(=O)(=O)O)cc(C)c5CS(=O)(=O)O)[nH]c4c3)ccc2[nH]1. The van der Waals surface area contributed by atoms with Crippen LogP contribution in [-0.4, -0.2) is 54.3 Å². The Morgan fingerprint density at radius 3 is 2.08 bits per heavy atom. The van der Waals surface area contributed by atoms with E-state index in [1.54, 1.807) is 13.0 Å². The summed E-state index contributed by atoms with van der Waals surface area (Å²) >= 11 is 0. The number of fused-ring (bicyclic) bond motifs is 2. The van der Waals surface area contributed by atoms with Gasteiger partial charge in [-0.1, -0.05) is 6.07 Å². The summed E-state index contributed by atoms with van der Waals surface area (Å²) in [7, 11) is -12.8. The number of benzene rings is 3. The molecule has 0 saturated carbocycles. The van der Waals surface area contributed by atoms with Gasteiger partial charge in [-0.3, -0.25) is 9.11 Å². The van der Waals surface area contributed by atoms with E-state index < -0.39 is 41.6 Å². The van der Waals surface area contributed by atoms with E-state index >= 15 is 0 Å². The number of aromatic amines is 2. The Balaban J connectivity index is 1.62. The average molecular weight is 591 g/mol. The van der Waals surface area contributed by atoms with Crippen molar-refractivity contribution in [1.29, 1.82) is 0 Å². The number of aromatic nitrogens is 4. The van der Waals surface area contributed by atoms with Crippen molar-refractivity contribution in [3.63, 3.8) is 0 Å². The summed E-state index contributed by atoms with van der Waals surface area (Å²) in [6, 6.07) is 11.6. The number of hydrogen-bond donors (Lipinski definition) is 4. The fourth-order valence-electron chi connectivity index (χ4n) is 4.47. The minimum atomic E-state index is -4.48. The molecule has 0 atom stereocenters. The molecule has 0 unspecified atom stereocenters. The first kappa shape index (κ1) is 27.0. The summed E-state index contributed by atoms with van der Waals surface area (Å²) in [5, 5.41) is 0. The van der Waals surface area contributed by atoms with E-state index in [0.29, 0.717) is 33.5 Å². The lowest BCUT2D eigenvalue weighted by molar-refractivity contribution is 0.479. The highest BCUT2D eigenvalue weighted by Gasteiger charge is 2.22. The van der Waals surface area contributed by atoms with E-state index in [9.17, 15) is 34.4 Å². The number of H-pyrrole nitrogens is 2. The second-order valence-corrected chi connectivity index (χ2v) is 14.0. The maximum Gasteiger partial charge on any atom is 0.269 e. The van der Waals surface area contributed by atoms with Gasteiger partial charge >= 0.3 is 0 Å². The largest absolute Gasteiger partial charge is 0.342 e. The molecular formula is C24H22N4O8S3. The van der Waals surface area contributed by atoms with Crippen LogP contribution in [0, 0.1) is 13.8 Å². The first-order chi connectivity index (χ1) is 18.1. The van der Waals surface area contributed by atoms with Crippen LogP contribution < -0.4 is 0 Å². The molecule has 0 spiro atoms. The van der Waals surface area contributed by atoms with Crippen molar-refractivity contribution in [1.82, 2.24) is 19.9 Å². The lowest BCUT2D eigenvalue weighted by Gasteiger charge is -2.12. The Kier molecular flexibility index (Phi) is 6.38. The van der Waals surface area contributed by atoms with E-state index in [-0.39, 0.29) is 32.3 Å². The summed E-state index contributed by atoms with van der Waals surface area (Å²) in [5.74, 6) is -0.733. The molecule has 39 heavy (non-hydrogen) atoms. The molecule has 2 heterocycles. The number of nitrogens with zero attached hydrogens (tertiary/aromatic N) is 2. The van der Waals surface area contributed by atoms with Gasteiger partial charge in [-0.15, -0.1) is 0 Å². The minimum Gasteiger partial charge on any atom is -0.342 e. The first-order valence-corrected chi connectivity index (χ1v) is 16.0. The molecule has 12 nitrogen and oxygen atoms in total. The molecule has 0 amide bonds. The van der Waals surface area contributed by atoms with Crippen molar-refractivity contribution in [3.8, 4) is 11.4 Å². The van der Waals surface area contributed by atoms with Gasteiger partial charge in [0.15, 0.2) is 0 Å². The van der Waals surface area contributed by atoms with E-state index in [1.807, 2.05) is 0 Å². The van der Waals surface area contributed by atoms with Gasteiger partial charge in [0.05, 0.1) is 31.9 Å². The van der Waals surface area contributed by atoms with E-state index in [0.717, 1.165) is 0 Å². The fourth-order valence-corrected chi connectivity index (χ4v) is 7.11. The summed E-state index contributed by atoms with van der Waals surface area (Å²) in [4.78, 5) is 14.8. The predicted octanol–water partition coefficient (Wildman–Crippen LogP) is 3.33. The highest BCUT2D eigenvalue weighted by atomic mass is 32.2. The molecule has 204 valence electrons. The Hall–Kier alpha value is -3.63. The van der Waals surface area contributed by atoms with Crippen molar-refractivity contribution in [2.75, 3.05) is 0 Å². The zero-order valence-electron chi connectivity index (χ0n) is 20.5. The zero-order valence-corrected chi connectivity index (χ0v) is 22.9. The van der Waals surface area contributed by atoms with Gasteiger partial charge in [0, 0.05) is 5.56 Å². The van der Waals surface area contributed by atoms with Crippen LogP contribution in [0.2, 0.25) is 0 Å². The molecule has 15 heteroatoms. The first-order valence-electron chi connectivity index (χ1n) is 11.3. The van der Waals surface area contributed by atoms with Crippen molar-refractivity contribution in [2.24, 2.45) is 0 Å². The molecule has 5 aromatic rings. The maximum atomic E-state index is 13.4. The molecule has 0 saturated heterocycles.